The molecule has 58 heavy (non-hydrogen) atoms. The molecule has 0 amide bonds. The summed E-state index contributed by atoms with van der Waals surface area (Å²) in [5.41, 5.74) is 16.3. The highest BCUT2D eigenvalue weighted by Gasteiger charge is 2.37. The first kappa shape index (κ1) is 33.7. The van der Waals surface area contributed by atoms with Crippen molar-refractivity contribution in [1.82, 2.24) is 4.57 Å². The van der Waals surface area contributed by atoms with Crippen LogP contribution in [0.5, 0.6) is 0 Å². The van der Waals surface area contributed by atoms with Gasteiger partial charge in [-0.05, 0) is 134 Å². The summed E-state index contributed by atoms with van der Waals surface area (Å²) in [7, 11) is 0. The Bertz CT molecular complexity index is 2990. The largest absolute Gasteiger partial charge is 0.332 e. The fraction of sp³-hybridized carbons (Fsp3) is 0.0182. The van der Waals surface area contributed by atoms with E-state index in [1.807, 2.05) is 0 Å². The highest BCUT2D eigenvalue weighted by molar-refractivity contribution is 6.15. The van der Waals surface area contributed by atoms with E-state index < -0.39 is 0 Å². The van der Waals surface area contributed by atoms with Crippen LogP contribution in [0, 0.1) is 0 Å². The molecule has 9 aromatic rings. The van der Waals surface area contributed by atoms with Crippen molar-refractivity contribution in [3.63, 3.8) is 0 Å². The van der Waals surface area contributed by atoms with E-state index in [2.05, 4.69) is 234 Å². The third-order valence-corrected chi connectivity index (χ3v) is 11.5. The first-order valence-electron chi connectivity index (χ1n) is 19.9. The van der Waals surface area contributed by atoms with Crippen LogP contribution in [0.4, 0.5) is 5.69 Å². The van der Waals surface area contributed by atoms with Crippen molar-refractivity contribution >= 4 is 39.0 Å². The Labute approximate surface area is 338 Å². The lowest BCUT2D eigenvalue weighted by Gasteiger charge is -2.12. The standard InChI is InChI=1S/C55H38N3/c1-4-14-38(15-5-1)41-18-12-20-43(34-41)45-28-32-52-49(36-45)50-37-46(44-21-13-19-42(35-44)39-16-6-2-7-17-39)29-33-53(50)57(52)48-30-26-40(27-31-48)55-56-51-24-10-11-25-54(51)58(55)47-22-8-3-9-23-47/h1-37,54H/q+1. The van der Waals surface area contributed by atoms with Crippen LogP contribution in [-0.2, 0) is 0 Å². The number of para-hydroxylation sites is 1. The summed E-state index contributed by atoms with van der Waals surface area (Å²) in [6, 6.07) is 72.5. The van der Waals surface area contributed by atoms with Crippen molar-refractivity contribution in [3.05, 3.63) is 230 Å². The van der Waals surface area contributed by atoms with Crippen LogP contribution in [0.2, 0.25) is 0 Å². The van der Waals surface area contributed by atoms with Gasteiger partial charge in [0, 0.05) is 16.5 Å². The van der Waals surface area contributed by atoms with E-state index in [4.69, 9.17) is 4.99 Å². The van der Waals surface area contributed by atoms with E-state index >= 15 is 0 Å². The molecule has 1 aliphatic carbocycles. The van der Waals surface area contributed by atoms with Gasteiger partial charge in [0.05, 0.1) is 16.6 Å². The molecule has 0 bridgehead atoms. The molecule has 3 nitrogen and oxygen atoms in total. The van der Waals surface area contributed by atoms with Gasteiger partial charge in [0.1, 0.15) is 5.69 Å². The van der Waals surface area contributed by atoms with Crippen LogP contribution in [0.1, 0.15) is 5.56 Å². The smallest absolute Gasteiger partial charge is 0.309 e. The number of hydrogen-bond donors (Lipinski definition) is 0. The average Bonchev–Trinajstić information content (AvgIpc) is 3.86. The number of aliphatic imine (C=N–C) groups is 1. The third-order valence-electron chi connectivity index (χ3n) is 11.5. The molecule has 0 saturated heterocycles. The van der Waals surface area contributed by atoms with E-state index in [0.29, 0.717) is 0 Å². The summed E-state index contributed by atoms with van der Waals surface area (Å²) < 4.78 is 4.75. The second-order valence-electron chi connectivity index (χ2n) is 15.0. The predicted molar refractivity (Wildman–Crippen MR) is 242 cm³/mol. The number of rotatable bonds is 7. The number of allylic oxidation sites excluding steroid dienone is 2. The fourth-order valence-corrected chi connectivity index (χ4v) is 8.66. The van der Waals surface area contributed by atoms with Crippen LogP contribution in [0.3, 0.4) is 0 Å². The lowest BCUT2D eigenvalue weighted by Crippen LogP contribution is -2.26. The van der Waals surface area contributed by atoms with Gasteiger partial charge in [0.25, 0.3) is 0 Å². The van der Waals surface area contributed by atoms with Gasteiger partial charge in [-0.2, -0.15) is 0 Å². The van der Waals surface area contributed by atoms with Crippen molar-refractivity contribution < 1.29 is 4.58 Å². The highest BCUT2D eigenvalue weighted by Crippen LogP contribution is 2.39. The summed E-state index contributed by atoms with van der Waals surface area (Å²) >= 11 is 0. The van der Waals surface area contributed by atoms with E-state index in [1.54, 1.807) is 0 Å². The number of fused-ring (bicyclic) bond motifs is 4. The van der Waals surface area contributed by atoms with Gasteiger partial charge < -0.3 is 4.57 Å². The van der Waals surface area contributed by atoms with Gasteiger partial charge in [-0.25, -0.2) is 4.58 Å². The van der Waals surface area contributed by atoms with Crippen LogP contribution in [0.25, 0.3) is 72.0 Å². The number of aromatic nitrogens is 1. The molecule has 0 spiro atoms. The Morgan fingerprint density at radius 1 is 0.397 bits per heavy atom. The second-order valence-corrected chi connectivity index (χ2v) is 15.0. The van der Waals surface area contributed by atoms with Crippen LogP contribution in [-0.4, -0.2) is 26.7 Å². The molecule has 0 fully saturated rings. The normalized spacial score (nSPS) is 14.6. The van der Waals surface area contributed by atoms with Crippen molar-refractivity contribution in [3.8, 4) is 50.2 Å². The van der Waals surface area contributed by atoms with Crippen molar-refractivity contribution in [1.29, 1.82) is 0 Å². The molecule has 3 heteroatoms. The van der Waals surface area contributed by atoms with E-state index in [1.165, 1.54) is 66.3 Å². The minimum absolute atomic E-state index is 0.0737. The summed E-state index contributed by atoms with van der Waals surface area (Å²) in [4.78, 5) is 5.17. The Balaban J connectivity index is 1.06. The van der Waals surface area contributed by atoms with Crippen molar-refractivity contribution in [2.24, 2.45) is 4.99 Å². The molecule has 1 unspecified atom stereocenters. The third kappa shape index (κ3) is 5.93. The molecule has 8 aromatic carbocycles. The zero-order chi connectivity index (χ0) is 38.4. The molecular formula is C55H38N3+. The molecular weight excluding hydrogens is 703 g/mol. The SMILES string of the molecule is C1=CC2=NC(c3ccc(-n4c5ccc(-c6cccc(-c7ccccc7)c6)cc5c5cc(-c6cccc(-c7ccccc7)c6)ccc54)cc3)=[N+](c3ccccc3)C2C=C1. The van der Waals surface area contributed by atoms with Gasteiger partial charge in [0.2, 0.25) is 5.71 Å². The molecule has 2 aliphatic rings. The Kier molecular flexibility index (Phi) is 8.22. The topological polar surface area (TPSA) is 20.3 Å². The van der Waals surface area contributed by atoms with Crippen LogP contribution < -0.4 is 0 Å². The zero-order valence-electron chi connectivity index (χ0n) is 31.8. The van der Waals surface area contributed by atoms with Crippen LogP contribution >= 0.6 is 0 Å². The summed E-state index contributed by atoms with van der Waals surface area (Å²) in [6.45, 7) is 0. The van der Waals surface area contributed by atoms with Gasteiger partial charge in [-0.1, -0.05) is 140 Å². The molecule has 11 rings (SSSR count). The summed E-state index contributed by atoms with van der Waals surface area (Å²) in [5, 5.41) is 2.44. The first-order valence-corrected chi connectivity index (χ1v) is 19.9. The maximum Gasteiger partial charge on any atom is 0.332 e. The first-order chi connectivity index (χ1) is 28.7. The fourth-order valence-electron chi connectivity index (χ4n) is 8.66. The molecule has 1 aliphatic heterocycles. The molecule has 0 saturated carbocycles. The molecule has 1 aromatic heterocycles. The average molecular weight is 741 g/mol. The van der Waals surface area contributed by atoms with Crippen molar-refractivity contribution in [2.45, 2.75) is 6.04 Å². The Morgan fingerprint density at radius 3 is 1.41 bits per heavy atom. The van der Waals surface area contributed by atoms with Gasteiger partial charge in [-0.15, -0.1) is 0 Å². The van der Waals surface area contributed by atoms with Gasteiger partial charge >= 0.3 is 5.84 Å². The van der Waals surface area contributed by atoms with E-state index in [9.17, 15) is 0 Å². The molecule has 0 N–H and O–H groups in total. The summed E-state index contributed by atoms with van der Waals surface area (Å²) in [6.07, 6.45) is 8.54. The maximum atomic E-state index is 5.17. The maximum absolute atomic E-state index is 5.17. The van der Waals surface area contributed by atoms with Gasteiger partial charge in [-0.3, -0.25) is 0 Å². The molecule has 272 valence electrons. The lowest BCUT2D eigenvalue weighted by molar-refractivity contribution is -0.447. The number of hydrogen-bond acceptors (Lipinski definition) is 1. The number of benzene rings is 8. The van der Waals surface area contributed by atoms with Crippen molar-refractivity contribution in [2.75, 3.05) is 0 Å². The zero-order valence-corrected chi connectivity index (χ0v) is 31.8. The monoisotopic (exact) mass is 740 g/mol. The predicted octanol–water partition coefficient (Wildman–Crippen LogP) is 13.5. The quantitative estimate of drug-likeness (QED) is 0.145. The number of amidine groups is 1. The van der Waals surface area contributed by atoms with E-state index in [0.717, 1.165) is 28.5 Å². The minimum Gasteiger partial charge on any atom is -0.309 e. The van der Waals surface area contributed by atoms with Gasteiger partial charge in [0.15, 0.2) is 6.04 Å². The molecule has 1 atom stereocenters. The second kappa shape index (κ2) is 14.1. The number of nitrogens with zero attached hydrogens (tertiary/aromatic N) is 3. The molecule has 2 heterocycles. The minimum atomic E-state index is 0.0737. The Morgan fingerprint density at radius 2 is 0.862 bits per heavy atom. The van der Waals surface area contributed by atoms with E-state index in [-0.39, 0.29) is 6.04 Å². The highest BCUT2D eigenvalue weighted by atomic mass is 15.2. The molecule has 0 radical (unpaired) electrons. The lowest BCUT2D eigenvalue weighted by atomic mass is 9.96. The Hall–Kier alpha value is -7.62. The van der Waals surface area contributed by atoms with Crippen LogP contribution in [0.15, 0.2) is 229 Å². The summed E-state index contributed by atoms with van der Waals surface area (Å²) in [5.74, 6) is 0.959.